The maximum atomic E-state index is 14.6. The Bertz CT molecular complexity index is 1080. The molecule has 0 aliphatic carbocycles. The molecule has 0 fully saturated rings. The van der Waals surface area contributed by atoms with Gasteiger partial charge in [0.15, 0.2) is 17.4 Å². The monoisotopic (exact) mass is 397 g/mol. The lowest BCUT2D eigenvalue weighted by Gasteiger charge is -2.12. The average Bonchev–Trinajstić information content (AvgIpc) is 3.16. The molecule has 1 N–H and O–H groups in total. The average molecular weight is 397 g/mol. The van der Waals surface area contributed by atoms with Gasteiger partial charge in [-0.25, -0.2) is 14.4 Å². The van der Waals surface area contributed by atoms with Gasteiger partial charge in [0.25, 0.3) is 0 Å². The molecule has 29 heavy (non-hydrogen) atoms. The third-order valence-electron chi connectivity index (χ3n) is 4.01. The molecule has 0 amide bonds. The summed E-state index contributed by atoms with van der Waals surface area (Å²) in [4.78, 5) is 17.0. The molecule has 0 aliphatic rings. The molecule has 2 heterocycles. The Balaban J connectivity index is 1.98. The van der Waals surface area contributed by atoms with Crippen LogP contribution in [0.1, 0.15) is 5.69 Å². The molecule has 150 valence electrons. The molecule has 2 aromatic heterocycles. The van der Waals surface area contributed by atoms with Crippen molar-refractivity contribution in [3.8, 4) is 22.8 Å². The fraction of sp³-hybridized carbons (Fsp3) is 0.211. The van der Waals surface area contributed by atoms with Crippen LogP contribution < -0.4 is 14.8 Å². The Morgan fingerprint density at radius 3 is 2.66 bits per heavy atom. The summed E-state index contributed by atoms with van der Waals surface area (Å²) >= 11 is 0. The van der Waals surface area contributed by atoms with Crippen molar-refractivity contribution < 1.29 is 13.9 Å². The predicted octanol–water partition coefficient (Wildman–Crippen LogP) is 3.14. The number of methoxy groups -OCH3 is 2. The summed E-state index contributed by atoms with van der Waals surface area (Å²) in [6.07, 6.45) is 5.12. The van der Waals surface area contributed by atoms with E-state index in [1.54, 1.807) is 24.0 Å². The van der Waals surface area contributed by atoms with E-state index in [2.05, 4.69) is 37.1 Å². The minimum absolute atomic E-state index is 0.0183. The number of hydrogen-bond acceptors (Lipinski definition) is 6. The van der Waals surface area contributed by atoms with Crippen molar-refractivity contribution in [3.05, 3.63) is 42.2 Å². The minimum Gasteiger partial charge on any atom is -0.497 e. The molecule has 3 aromatic rings. The predicted molar refractivity (Wildman–Crippen MR) is 109 cm³/mol. The van der Waals surface area contributed by atoms with Crippen molar-refractivity contribution in [2.75, 3.05) is 19.5 Å². The molecule has 1 aromatic carbocycles. The Kier molecular flexibility index (Phi) is 5.82. The van der Waals surface area contributed by atoms with Crippen molar-refractivity contribution in [1.29, 1.82) is 0 Å². The van der Waals surface area contributed by atoms with E-state index in [0.717, 1.165) is 5.56 Å². The molecule has 0 spiro atoms. The van der Waals surface area contributed by atoms with Gasteiger partial charge in [-0.15, -0.1) is 0 Å². The van der Waals surface area contributed by atoms with Crippen molar-refractivity contribution in [3.63, 3.8) is 0 Å². The quantitative estimate of drug-likeness (QED) is 0.525. The number of halogens is 1. The highest BCUT2D eigenvalue weighted by atomic mass is 19.1. The highest BCUT2D eigenvalue weighted by molar-refractivity contribution is 5.98. The molecule has 0 unspecified atom stereocenters. The number of hydrogen-bond donors (Lipinski definition) is 1. The summed E-state index contributed by atoms with van der Waals surface area (Å²) in [5.74, 6) is 0.168. The van der Waals surface area contributed by atoms with Gasteiger partial charge in [-0.05, 0) is 13.6 Å². The molecule has 0 radical (unpaired) electrons. The van der Waals surface area contributed by atoms with Crippen LogP contribution >= 0.6 is 0 Å². The smallest absolute Gasteiger partial charge is 0.228 e. The molecule has 0 saturated carbocycles. The number of rotatable bonds is 5. The van der Waals surface area contributed by atoms with Gasteiger partial charge in [0.1, 0.15) is 5.75 Å². The first-order chi connectivity index (χ1) is 13.9. The highest BCUT2D eigenvalue weighted by Crippen LogP contribution is 2.31. The van der Waals surface area contributed by atoms with Crippen LogP contribution in [-0.4, -0.2) is 46.6 Å². The molecule has 0 atom stereocenters. The van der Waals surface area contributed by atoms with Crippen LogP contribution in [0.4, 0.5) is 15.9 Å². The molecule has 10 heteroatoms. The van der Waals surface area contributed by atoms with E-state index in [4.69, 9.17) is 9.47 Å². The van der Waals surface area contributed by atoms with E-state index in [1.807, 2.05) is 13.2 Å². The molecule has 9 nitrogen and oxygen atoms in total. The number of benzene rings is 1. The Morgan fingerprint density at radius 1 is 1.24 bits per heavy atom. The number of aryl methyl sites for hydroxylation is 2. The summed E-state index contributed by atoms with van der Waals surface area (Å²) in [6, 6.07) is 2.90. The maximum absolute atomic E-state index is 14.6. The van der Waals surface area contributed by atoms with E-state index in [-0.39, 0.29) is 17.4 Å². The third kappa shape index (κ3) is 4.37. The zero-order chi connectivity index (χ0) is 21.0. The van der Waals surface area contributed by atoms with Gasteiger partial charge in [-0.3, -0.25) is 9.67 Å². The zero-order valence-electron chi connectivity index (χ0n) is 16.5. The summed E-state index contributed by atoms with van der Waals surface area (Å²) in [5.41, 5.74) is 2.03. The Labute approximate surface area is 167 Å². The van der Waals surface area contributed by atoms with Gasteiger partial charge in [-0.1, -0.05) is 0 Å². The second-order valence-corrected chi connectivity index (χ2v) is 5.98. The highest BCUT2D eigenvalue weighted by Gasteiger charge is 2.14. The number of anilines is 1. The zero-order valence-corrected chi connectivity index (χ0v) is 16.5. The second kappa shape index (κ2) is 8.46. The van der Waals surface area contributed by atoms with Crippen LogP contribution in [0.15, 0.2) is 40.7 Å². The fourth-order valence-corrected chi connectivity index (χ4v) is 2.49. The maximum Gasteiger partial charge on any atom is 0.228 e. The first-order valence-corrected chi connectivity index (χ1v) is 8.51. The number of nitrogens with one attached hydrogen (secondary N) is 1. The van der Waals surface area contributed by atoms with Crippen LogP contribution in [0, 0.1) is 12.7 Å². The SMILES string of the molecule is C=N/C(=N\c1nc(-c2cnn(C)c2)cnc1C)Nc1cc(OC)cc(OC)c1F. The summed E-state index contributed by atoms with van der Waals surface area (Å²) in [5, 5.41) is 6.91. The van der Waals surface area contributed by atoms with E-state index in [9.17, 15) is 4.39 Å². The van der Waals surface area contributed by atoms with E-state index < -0.39 is 5.82 Å². The minimum atomic E-state index is -0.614. The molecular weight excluding hydrogens is 377 g/mol. The summed E-state index contributed by atoms with van der Waals surface area (Å²) < 4.78 is 26.5. The number of guanidine groups is 1. The molecular formula is C19H20FN7O2. The van der Waals surface area contributed by atoms with Gasteiger partial charge in [0, 0.05) is 30.9 Å². The van der Waals surface area contributed by atoms with Gasteiger partial charge in [0.2, 0.25) is 5.96 Å². The van der Waals surface area contributed by atoms with Gasteiger partial charge in [-0.2, -0.15) is 10.1 Å². The van der Waals surface area contributed by atoms with Crippen LogP contribution in [0.2, 0.25) is 0 Å². The number of aliphatic imine (C=N–C) groups is 2. The van der Waals surface area contributed by atoms with Crippen LogP contribution in [0.3, 0.4) is 0 Å². The van der Waals surface area contributed by atoms with Crippen molar-refractivity contribution in [2.45, 2.75) is 6.92 Å². The van der Waals surface area contributed by atoms with Crippen LogP contribution in [0.5, 0.6) is 11.5 Å². The number of aromatic nitrogens is 4. The van der Waals surface area contributed by atoms with Crippen molar-refractivity contribution >= 4 is 24.2 Å². The Hall–Kier alpha value is -3.82. The second-order valence-electron chi connectivity index (χ2n) is 5.98. The molecule has 0 saturated heterocycles. The third-order valence-corrected chi connectivity index (χ3v) is 4.01. The molecule has 0 bridgehead atoms. The lowest BCUT2D eigenvalue weighted by atomic mass is 10.2. The topological polar surface area (TPSA) is 98.8 Å². The van der Waals surface area contributed by atoms with Crippen LogP contribution in [0.25, 0.3) is 11.3 Å². The van der Waals surface area contributed by atoms with Gasteiger partial charge < -0.3 is 14.8 Å². The number of nitrogens with zero attached hydrogens (tertiary/aromatic N) is 6. The normalized spacial score (nSPS) is 11.3. The summed E-state index contributed by atoms with van der Waals surface area (Å²) in [7, 11) is 4.65. The van der Waals surface area contributed by atoms with E-state index in [1.165, 1.54) is 26.4 Å². The van der Waals surface area contributed by atoms with E-state index in [0.29, 0.717) is 23.0 Å². The van der Waals surface area contributed by atoms with Gasteiger partial charge >= 0.3 is 0 Å². The summed E-state index contributed by atoms with van der Waals surface area (Å²) in [6.45, 7) is 5.25. The first kappa shape index (κ1) is 19.9. The van der Waals surface area contributed by atoms with Crippen LogP contribution in [-0.2, 0) is 7.05 Å². The van der Waals surface area contributed by atoms with Crippen molar-refractivity contribution in [2.24, 2.45) is 17.0 Å². The number of ether oxygens (including phenoxy) is 2. The van der Waals surface area contributed by atoms with E-state index >= 15 is 0 Å². The van der Waals surface area contributed by atoms with Crippen molar-refractivity contribution in [1.82, 2.24) is 19.7 Å². The largest absolute Gasteiger partial charge is 0.497 e. The Morgan fingerprint density at radius 2 is 2.03 bits per heavy atom. The van der Waals surface area contributed by atoms with Gasteiger partial charge in [0.05, 0.1) is 43.7 Å². The lowest BCUT2D eigenvalue weighted by Crippen LogP contribution is -2.11. The standard InChI is InChI=1S/C19H20FN7O2/c1-11-18(24-15(9-22-11)12-8-23-27(3)10-12)26-19(21-2)25-14-6-13(28-4)7-16(29-5)17(14)20/h6-10H,2H2,1,3-5H3,(H,24,25,26). The molecule has 3 rings (SSSR count). The molecule has 0 aliphatic heterocycles. The first-order valence-electron chi connectivity index (χ1n) is 8.51. The fourth-order valence-electron chi connectivity index (χ4n) is 2.49. The lowest BCUT2D eigenvalue weighted by molar-refractivity contribution is 0.375.